The standard InChI is InChI=1S/C27H25FN2O2/c28-21-14-12-20(13-15-21)24-17-30(18-27(24)16-6-11-25(31)29-27)26(32)23-10-5-4-9-22(23)19-7-2-1-3-8-19/h1-5,7-10,12-15,24H,6,11,16-18H2,(H,29,31)/t24-,27+/m0/s1. The van der Waals surface area contributed by atoms with E-state index in [2.05, 4.69) is 5.32 Å². The average molecular weight is 429 g/mol. The van der Waals surface area contributed by atoms with E-state index in [1.54, 1.807) is 12.1 Å². The quantitative estimate of drug-likeness (QED) is 0.653. The number of hydrogen-bond acceptors (Lipinski definition) is 2. The second-order valence-electron chi connectivity index (χ2n) is 8.76. The highest BCUT2D eigenvalue weighted by Gasteiger charge is 2.50. The van der Waals surface area contributed by atoms with Crippen LogP contribution in [0.3, 0.4) is 0 Å². The van der Waals surface area contributed by atoms with Crippen molar-refractivity contribution in [2.75, 3.05) is 13.1 Å². The largest absolute Gasteiger partial charge is 0.348 e. The minimum Gasteiger partial charge on any atom is -0.348 e. The number of nitrogens with one attached hydrogen (secondary N) is 1. The molecule has 3 aromatic rings. The van der Waals surface area contributed by atoms with Gasteiger partial charge in [0.25, 0.3) is 5.91 Å². The highest BCUT2D eigenvalue weighted by atomic mass is 19.1. The molecule has 2 aliphatic heterocycles. The molecule has 4 nitrogen and oxygen atoms in total. The number of carbonyl (C=O) groups excluding carboxylic acids is 2. The first-order chi connectivity index (χ1) is 15.6. The van der Waals surface area contributed by atoms with Crippen LogP contribution in [0.1, 0.15) is 41.1 Å². The molecule has 0 aliphatic carbocycles. The molecule has 2 amide bonds. The third-order valence-electron chi connectivity index (χ3n) is 6.76. The summed E-state index contributed by atoms with van der Waals surface area (Å²) in [4.78, 5) is 27.9. The molecule has 0 aromatic heterocycles. The lowest BCUT2D eigenvalue weighted by atomic mass is 9.76. The molecule has 5 rings (SSSR count). The molecule has 2 fully saturated rings. The molecule has 1 N–H and O–H groups in total. The third-order valence-corrected chi connectivity index (χ3v) is 6.76. The molecule has 32 heavy (non-hydrogen) atoms. The summed E-state index contributed by atoms with van der Waals surface area (Å²) in [6, 6.07) is 24.0. The number of rotatable bonds is 3. The van der Waals surface area contributed by atoms with Gasteiger partial charge in [0, 0.05) is 31.0 Å². The van der Waals surface area contributed by atoms with Crippen molar-refractivity contribution in [3.8, 4) is 11.1 Å². The number of benzene rings is 3. The SMILES string of the molecule is O=C1CCC[C@]2(CN(C(=O)c3ccccc3-c3ccccc3)C[C@H]2c2ccc(F)cc2)N1. The molecule has 2 aliphatic rings. The summed E-state index contributed by atoms with van der Waals surface area (Å²) < 4.78 is 13.6. The Morgan fingerprint density at radius 2 is 1.69 bits per heavy atom. The normalized spacial score (nSPS) is 22.7. The summed E-state index contributed by atoms with van der Waals surface area (Å²) >= 11 is 0. The van der Waals surface area contributed by atoms with Crippen LogP contribution in [0.4, 0.5) is 4.39 Å². The number of piperidine rings is 1. The Morgan fingerprint density at radius 3 is 2.44 bits per heavy atom. The van der Waals surface area contributed by atoms with Crippen LogP contribution in [0, 0.1) is 5.82 Å². The predicted octanol–water partition coefficient (Wildman–Crippen LogP) is 4.77. The van der Waals surface area contributed by atoms with Gasteiger partial charge in [-0.1, -0.05) is 60.7 Å². The first kappa shape index (κ1) is 20.4. The van der Waals surface area contributed by atoms with Crippen LogP contribution < -0.4 is 5.32 Å². The Kier molecular flexibility index (Phi) is 5.25. The van der Waals surface area contributed by atoms with Gasteiger partial charge in [0.2, 0.25) is 5.91 Å². The van der Waals surface area contributed by atoms with E-state index in [4.69, 9.17) is 0 Å². The van der Waals surface area contributed by atoms with Crippen LogP contribution in [-0.4, -0.2) is 35.3 Å². The molecule has 1 spiro atoms. The Balaban J connectivity index is 1.51. The van der Waals surface area contributed by atoms with Gasteiger partial charge >= 0.3 is 0 Å². The Labute approximate surface area is 187 Å². The van der Waals surface area contributed by atoms with Gasteiger partial charge in [0.05, 0.1) is 5.54 Å². The van der Waals surface area contributed by atoms with E-state index in [1.165, 1.54) is 12.1 Å². The zero-order chi connectivity index (χ0) is 22.1. The fourth-order valence-electron chi connectivity index (χ4n) is 5.24. The first-order valence-electron chi connectivity index (χ1n) is 11.1. The summed E-state index contributed by atoms with van der Waals surface area (Å²) in [5.41, 5.74) is 2.96. The minimum absolute atomic E-state index is 0.0161. The van der Waals surface area contributed by atoms with Gasteiger partial charge in [-0.15, -0.1) is 0 Å². The van der Waals surface area contributed by atoms with Gasteiger partial charge in [-0.25, -0.2) is 4.39 Å². The summed E-state index contributed by atoms with van der Waals surface area (Å²) in [5, 5.41) is 3.21. The topological polar surface area (TPSA) is 49.4 Å². The molecular formula is C27H25FN2O2. The molecule has 0 saturated carbocycles. The average Bonchev–Trinajstić information content (AvgIpc) is 3.17. The molecule has 2 heterocycles. The van der Waals surface area contributed by atoms with E-state index in [1.807, 2.05) is 59.5 Å². The van der Waals surface area contributed by atoms with Crippen molar-refractivity contribution in [1.82, 2.24) is 10.2 Å². The number of hydrogen-bond donors (Lipinski definition) is 1. The number of carbonyl (C=O) groups is 2. The first-order valence-corrected chi connectivity index (χ1v) is 11.1. The number of amides is 2. The lowest BCUT2D eigenvalue weighted by Gasteiger charge is -2.39. The maximum absolute atomic E-state index is 13.7. The molecule has 162 valence electrons. The predicted molar refractivity (Wildman–Crippen MR) is 122 cm³/mol. The van der Waals surface area contributed by atoms with Crippen LogP contribution in [0.5, 0.6) is 0 Å². The van der Waals surface area contributed by atoms with Crippen molar-refractivity contribution in [2.24, 2.45) is 0 Å². The van der Waals surface area contributed by atoms with Crippen molar-refractivity contribution in [1.29, 1.82) is 0 Å². The number of nitrogens with zero attached hydrogens (tertiary/aromatic N) is 1. The van der Waals surface area contributed by atoms with Crippen LogP contribution in [-0.2, 0) is 4.79 Å². The molecule has 5 heteroatoms. The number of halogens is 1. The van der Waals surface area contributed by atoms with E-state index >= 15 is 0 Å². The summed E-state index contributed by atoms with van der Waals surface area (Å²) in [6.07, 6.45) is 2.08. The lowest BCUT2D eigenvalue weighted by molar-refractivity contribution is -0.125. The summed E-state index contributed by atoms with van der Waals surface area (Å²) in [6.45, 7) is 0.927. The molecule has 3 aromatic carbocycles. The van der Waals surface area contributed by atoms with Gasteiger partial charge in [-0.2, -0.15) is 0 Å². The van der Waals surface area contributed by atoms with Crippen molar-refractivity contribution in [2.45, 2.75) is 30.7 Å². The molecule has 2 saturated heterocycles. The maximum Gasteiger partial charge on any atom is 0.254 e. The monoisotopic (exact) mass is 428 g/mol. The van der Waals surface area contributed by atoms with Crippen molar-refractivity contribution in [3.63, 3.8) is 0 Å². The molecule has 0 bridgehead atoms. The van der Waals surface area contributed by atoms with Crippen LogP contribution in [0.2, 0.25) is 0 Å². The molecule has 0 unspecified atom stereocenters. The van der Waals surface area contributed by atoms with Gasteiger partial charge in [0.1, 0.15) is 5.82 Å². The Hall–Kier alpha value is -3.47. The summed E-state index contributed by atoms with van der Waals surface area (Å²) in [5.74, 6) is -0.408. The van der Waals surface area contributed by atoms with E-state index < -0.39 is 5.54 Å². The minimum atomic E-state index is -0.523. The van der Waals surface area contributed by atoms with Crippen molar-refractivity contribution < 1.29 is 14.0 Å². The fraction of sp³-hybridized carbons (Fsp3) is 0.259. The smallest absolute Gasteiger partial charge is 0.254 e. The van der Waals surface area contributed by atoms with Gasteiger partial charge in [-0.3, -0.25) is 9.59 Å². The fourth-order valence-corrected chi connectivity index (χ4v) is 5.24. The molecule has 2 atom stereocenters. The number of likely N-dealkylation sites (tertiary alicyclic amines) is 1. The third kappa shape index (κ3) is 3.68. The van der Waals surface area contributed by atoms with Gasteiger partial charge in [0.15, 0.2) is 0 Å². The highest BCUT2D eigenvalue weighted by molar-refractivity contribution is 6.01. The van der Waals surface area contributed by atoms with Crippen molar-refractivity contribution >= 4 is 11.8 Å². The molecule has 0 radical (unpaired) electrons. The lowest BCUT2D eigenvalue weighted by Crippen LogP contribution is -2.56. The van der Waals surface area contributed by atoms with Crippen LogP contribution >= 0.6 is 0 Å². The Bertz CT molecular complexity index is 1150. The highest BCUT2D eigenvalue weighted by Crippen LogP contribution is 2.42. The maximum atomic E-state index is 13.7. The summed E-state index contributed by atoms with van der Waals surface area (Å²) in [7, 11) is 0. The van der Waals surface area contributed by atoms with Gasteiger partial charge in [-0.05, 0) is 47.7 Å². The molecular weight excluding hydrogens is 403 g/mol. The second-order valence-corrected chi connectivity index (χ2v) is 8.76. The second kappa shape index (κ2) is 8.23. The Morgan fingerprint density at radius 1 is 0.969 bits per heavy atom. The van der Waals surface area contributed by atoms with E-state index in [-0.39, 0.29) is 23.5 Å². The van der Waals surface area contributed by atoms with Gasteiger partial charge < -0.3 is 10.2 Å². The zero-order valence-electron chi connectivity index (χ0n) is 17.8. The van der Waals surface area contributed by atoms with Crippen LogP contribution in [0.15, 0.2) is 78.9 Å². The van der Waals surface area contributed by atoms with E-state index in [0.29, 0.717) is 25.1 Å². The van der Waals surface area contributed by atoms with Crippen LogP contribution in [0.25, 0.3) is 11.1 Å². The zero-order valence-corrected chi connectivity index (χ0v) is 17.8. The van der Waals surface area contributed by atoms with Crippen molar-refractivity contribution in [3.05, 3.63) is 95.8 Å². The van der Waals surface area contributed by atoms with E-state index in [9.17, 15) is 14.0 Å². The van der Waals surface area contributed by atoms with E-state index in [0.717, 1.165) is 29.5 Å².